The van der Waals surface area contributed by atoms with Crippen molar-refractivity contribution in [2.24, 2.45) is 5.92 Å². The molecular formula is C10H17N3O. The molecule has 2 heterocycles. The van der Waals surface area contributed by atoms with E-state index in [1.165, 1.54) is 0 Å². The van der Waals surface area contributed by atoms with Crippen molar-refractivity contribution in [3.63, 3.8) is 0 Å². The molecule has 1 aromatic heterocycles. The van der Waals surface area contributed by atoms with Gasteiger partial charge < -0.3 is 5.11 Å². The van der Waals surface area contributed by atoms with Crippen LogP contribution in [-0.2, 0) is 19.4 Å². The lowest BCUT2D eigenvalue weighted by Crippen LogP contribution is -2.25. The third-order valence-electron chi connectivity index (χ3n) is 2.47. The Bertz CT molecular complexity index is 319. The van der Waals surface area contributed by atoms with Gasteiger partial charge in [-0.1, -0.05) is 13.8 Å². The second kappa shape index (κ2) is 3.69. The number of nitrogens with zero attached hydrogens (tertiary/aromatic N) is 3. The molecule has 2 rings (SSSR count). The van der Waals surface area contributed by atoms with Crippen LogP contribution < -0.4 is 0 Å². The van der Waals surface area contributed by atoms with Gasteiger partial charge in [0, 0.05) is 12.8 Å². The lowest BCUT2D eigenvalue weighted by atomic mass is 10.1. The zero-order valence-corrected chi connectivity index (χ0v) is 8.77. The molecule has 0 spiro atoms. The van der Waals surface area contributed by atoms with Gasteiger partial charge in [0.15, 0.2) is 5.82 Å². The van der Waals surface area contributed by atoms with E-state index in [0.29, 0.717) is 12.5 Å². The van der Waals surface area contributed by atoms with Gasteiger partial charge in [-0.15, -0.1) is 0 Å². The summed E-state index contributed by atoms with van der Waals surface area (Å²) in [6.45, 7) is 4.93. The van der Waals surface area contributed by atoms with Crippen LogP contribution in [0.3, 0.4) is 0 Å². The Labute approximate surface area is 84.0 Å². The van der Waals surface area contributed by atoms with Gasteiger partial charge in [0.1, 0.15) is 5.82 Å². The number of aliphatic hydroxyl groups excluding tert-OH is 1. The Kier molecular flexibility index (Phi) is 2.54. The molecule has 1 atom stereocenters. The van der Waals surface area contributed by atoms with Gasteiger partial charge in [0.25, 0.3) is 0 Å². The molecular weight excluding hydrogens is 178 g/mol. The Morgan fingerprint density at radius 1 is 1.57 bits per heavy atom. The standard InChI is InChI=1S/C10H17N3O/c1-7(2)5-9-11-10-4-3-8(14)6-13(10)12-9/h7-8,14H,3-6H2,1-2H3. The highest BCUT2D eigenvalue weighted by Gasteiger charge is 2.19. The summed E-state index contributed by atoms with van der Waals surface area (Å²) >= 11 is 0. The third kappa shape index (κ3) is 1.95. The van der Waals surface area contributed by atoms with Crippen molar-refractivity contribution in [1.29, 1.82) is 0 Å². The highest BCUT2D eigenvalue weighted by atomic mass is 16.3. The van der Waals surface area contributed by atoms with Crippen molar-refractivity contribution in [3.05, 3.63) is 11.6 Å². The Balaban J connectivity index is 2.15. The zero-order chi connectivity index (χ0) is 10.1. The zero-order valence-electron chi connectivity index (χ0n) is 8.77. The minimum Gasteiger partial charge on any atom is -0.391 e. The molecule has 0 aliphatic carbocycles. The fourth-order valence-corrected chi connectivity index (χ4v) is 1.80. The Morgan fingerprint density at radius 3 is 3.07 bits per heavy atom. The molecule has 78 valence electrons. The lowest BCUT2D eigenvalue weighted by molar-refractivity contribution is 0.124. The molecule has 1 aliphatic heterocycles. The van der Waals surface area contributed by atoms with Crippen molar-refractivity contribution < 1.29 is 5.11 Å². The summed E-state index contributed by atoms with van der Waals surface area (Å²) in [5.74, 6) is 2.54. The molecule has 14 heavy (non-hydrogen) atoms. The number of hydrogen-bond donors (Lipinski definition) is 1. The van der Waals surface area contributed by atoms with Gasteiger partial charge in [-0.3, -0.25) is 0 Å². The highest BCUT2D eigenvalue weighted by Crippen LogP contribution is 2.14. The van der Waals surface area contributed by atoms with E-state index in [2.05, 4.69) is 23.9 Å². The van der Waals surface area contributed by atoms with Crippen LogP contribution in [0.15, 0.2) is 0 Å². The van der Waals surface area contributed by atoms with Crippen molar-refractivity contribution in [3.8, 4) is 0 Å². The summed E-state index contributed by atoms with van der Waals surface area (Å²) in [7, 11) is 0. The molecule has 1 unspecified atom stereocenters. The van der Waals surface area contributed by atoms with Crippen LogP contribution in [-0.4, -0.2) is 26.0 Å². The first-order chi connectivity index (χ1) is 6.65. The molecule has 0 bridgehead atoms. The largest absolute Gasteiger partial charge is 0.391 e. The maximum Gasteiger partial charge on any atom is 0.151 e. The van der Waals surface area contributed by atoms with Gasteiger partial charge in [-0.2, -0.15) is 5.10 Å². The predicted octanol–water partition coefficient (Wildman–Crippen LogP) is 0.784. The SMILES string of the molecule is CC(C)Cc1nc2n(n1)CC(O)CC2. The van der Waals surface area contributed by atoms with Gasteiger partial charge in [-0.05, 0) is 12.3 Å². The van der Waals surface area contributed by atoms with Gasteiger partial charge in [-0.25, -0.2) is 9.67 Å². The molecule has 4 heteroatoms. The van der Waals surface area contributed by atoms with Crippen LogP contribution in [0.1, 0.15) is 31.9 Å². The maximum absolute atomic E-state index is 9.46. The van der Waals surface area contributed by atoms with Crippen LogP contribution in [0.25, 0.3) is 0 Å². The monoisotopic (exact) mass is 195 g/mol. The molecule has 0 saturated heterocycles. The molecule has 1 aliphatic rings. The van der Waals surface area contributed by atoms with E-state index < -0.39 is 0 Å². The normalized spacial score (nSPS) is 21.3. The summed E-state index contributed by atoms with van der Waals surface area (Å²) in [5.41, 5.74) is 0. The molecule has 1 aromatic rings. The smallest absolute Gasteiger partial charge is 0.151 e. The third-order valence-corrected chi connectivity index (χ3v) is 2.47. The fraction of sp³-hybridized carbons (Fsp3) is 0.800. The van der Waals surface area contributed by atoms with Crippen molar-refractivity contribution in [2.75, 3.05) is 0 Å². The van der Waals surface area contributed by atoms with Crippen molar-refractivity contribution in [2.45, 2.75) is 45.8 Å². The van der Waals surface area contributed by atoms with Crippen LogP contribution in [0.4, 0.5) is 0 Å². The average molecular weight is 195 g/mol. The number of hydrogen-bond acceptors (Lipinski definition) is 3. The summed E-state index contributed by atoms with van der Waals surface area (Å²) in [4.78, 5) is 4.47. The first-order valence-electron chi connectivity index (χ1n) is 5.26. The summed E-state index contributed by atoms with van der Waals surface area (Å²) in [5, 5.41) is 13.8. The Morgan fingerprint density at radius 2 is 2.36 bits per heavy atom. The molecule has 0 saturated carbocycles. The molecule has 0 amide bonds. The molecule has 0 radical (unpaired) electrons. The van der Waals surface area contributed by atoms with Crippen LogP contribution in [0, 0.1) is 5.92 Å². The van der Waals surface area contributed by atoms with E-state index >= 15 is 0 Å². The number of fused-ring (bicyclic) bond motifs is 1. The molecule has 4 nitrogen and oxygen atoms in total. The topological polar surface area (TPSA) is 50.9 Å². The lowest BCUT2D eigenvalue weighted by Gasteiger charge is -2.16. The molecule has 1 N–H and O–H groups in total. The second-order valence-electron chi connectivity index (χ2n) is 4.42. The number of rotatable bonds is 2. The van der Waals surface area contributed by atoms with Crippen LogP contribution in [0.2, 0.25) is 0 Å². The highest BCUT2D eigenvalue weighted by molar-refractivity contribution is 4.97. The minimum atomic E-state index is -0.240. The van der Waals surface area contributed by atoms with Gasteiger partial charge in [0.2, 0.25) is 0 Å². The quantitative estimate of drug-likeness (QED) is 0.758. The van der Waals surface area contributed by atoms with Crippen molar-refractivity contribution >= 4 is 0 Å². The summed E-state index contributed by atoms with van der Waals surface area (Å²) in [6.07, 6.45) is 2.36. The van der Waals surface area contributed by atoms with E-state index in [1.54, 1.807) is 0 Å². The summed E-state index contributed by atoms with van der Waals surface area (Å²) < 4.78 is 1.85. The second-order valence-corrected chi connectivity index (χ2v) is 4.42. The van der Waals surface area contributed by atoms with Crippen LogP contribution in [0.5, 0.6) is 0 Å². The first-order valence-corrected chi connectivity index (χ1v) is 5.26. The minimum absolute atomic E-state index is 0.240. The first kappa shape index (κ1) is 9.65. The van der Waals surface area contributed by atoms with E-state index in [4.69, 9.17) is 0 Å². The maximum atomic E-state index is 9.46. The number of aryl methyl sites for hydroxylation is 1. The van der Waals surface area contributed by atoms with E-state index in [1.807, 2.05) is 4.68 Å². The predicted molar refractivity (Wildman–Crippen MR) is 52.9 cm³/mol. The molecule has 0 fully saturated rings. The van der Waals surface area contributed by atoms with E-state index in [9.17, 15) is 5.11 Å². The molecule has 0 aromatic carbocycles. The van der Waals surface area contributed by atoms with E-state index in [-0.39, 0.29) is 6.10 Å². The summed E-state index contributed by atoms with van der Waals surface area (Å²) in [6, 6.07) is 0. The number of aromatic nitrogens is 3. The van der Waals surface area contributed by atoms with Crippen molar-refractivity contribution in [1.82, 2.24) is 14.8 Å². The van der Waals surface area contributed by atoms with Gasteiger partial charge in [0.05, 0.1) is 12.6 Å². The van der Waals surface area contributed by atoms with E-state index in [0.717, 1.165) is 30.9 Å². The average Bonchev–Trinajstić information content (AvgIpc) is 2.44. The fourth-order valence-electron chi connectivity index (χ4n) is 1.80. The van der Waals surface area contributed by atoms with Gasteiger partial charge >= 0.3 is 0 Å². The Hall–Kier alpha value is -0.900. The number of aliphatic hydroxyl groups is 1. The van der Waals surface area contributed by atoms with Crippen LogP contribution >= 0.6 is 0 Å².